The van der Waals surface area contributed by atoms with E-state index in [4.69, 9.17) is 21.1 Å². The highest BCUT2D eigenvalue weighted by Crippen LogP contribution is 2.29. The smallest absolute Gasteiger partial charge is 0.231 e. The minimum atomic E-state index is -0.313. The first-order valence-corrected chi connectivity index (χ1v) is 12.0. The average Bonchev–Trinajstić information content (AvgIpc) is 3.31. The van der Waals surface area contributed by atoms with Crippen molar-refractivity contribution < 1.29 is 13.9 Å². The van der Waals surface area contributed by atoms with Gasteiger partial charge in [0.25, 0.3) is 0 Å². The Morgan fingerprint density at radius 3 is 2.38 bits per heavy atom. The first kappa shape index (κ1) is 31.7. The maximum Gasteiger partial charge on any atom is 0.231 e. The molecule has 0 aromatic heterocycles. The molecule has 0 fully saturated rings. The monoisotopic (exact) mass is 528 g/mol. The fraction of sp³-hybridized carbons (Fsp3) is 0.345. The van der Waals surface area contributed by atoms with E-state index >= 15 is 0 Å². The van der Waals surface area contributed by atoms with E-state index in [9.17, 15) is 4.39 Å². The van der Waals surface area contributed by atoms with Crippen molar-refractivity contribution in [1.82, 2.24) is 10.3 Å². The highest BCUT2D eigenvalue weighted by atomic mass is 35.5. The fourth-order valence-electron chi connectivity index (χ4n) is 4.08. The van der Waals surface area contributed by atoms with Crippen LogP contribution in [0.15, 0.2) is 55.0 Å². The summed E-state index contributed by atoms with van der Waals surface area (Å²) in [6.45, 7) is 16.8. The van der Waals surface area contributed by atoms with Crippen LogP contribution in [0.2, 0.25) is 5.02 Å². The van der Waals surface area contributed by atoms with Crippen LogP contribution >= 0.6 is 11.6 Å². The number of hydrogen-bond acceptors (Lipinski definition) is 6. The molecule has 0 saturated carbocycles. The van der Waals surface area contributed by atoms with E-state index < -0.39 is 0 Å². The van der Waals surface area contributed by atoms with Gasteiger partial charge in [-0.1, -0.05) is 17.7 Å². The molecule has 0 spiro atoms. The van der Waals surface area contributed by atoms with Gasteiger partial charge in [-0.3, -0.25) is 4.90 Å². The fourth-order valence-corrected chi connectivity index (χ4v) is 4.31. The van der Waals surface area contributed by atoms with E-state index in [1.165, 1.54) is 6.07 Å². The van der Waals surface area contributed by atoms with Crippen LogP contribution in [0, 0.1) is 39.4 Å². The Morgan fingerprint density at radius 1 is 1.16 bits per heavy atom. The SMILES string of the molecule is C#C.C=C.C=C1NN=C([C@H](Cc2c(F)ccc(C)c2C)N(C)CN(C)c2cc(Cl)cc(COC)c2C)O1. The second kappa shape index (κ2) is 15.1. The Morgan fingerprint density at radius 2 is 1.81 bits per heavy atom. The summed E-state index contributed by atoms with van der Waals surface area (Å²) in [5.41, 5.74) is 8.51. The molecule has 1 atom stereocenters. The topological polar surface area (TPSA) is 49.3 Å². The Kier molecular flexibility index (Phi) is 12.9. The first-order chi connectivity index (χ1) is 17.6. The number of terminal acetylenes is 1. The summed E-state index contributed by atoms with van der Waals surface area (Å²) in [5, 5.41) is 4.94. The van der Waals surface area contributed by atoms with Gasteiger partial charge in [0.2, 0.25) is 11.8 Å². The van der Waals surface area contributed by atoms with Crippen molar-refractivity contribution in [3.8, 4) is 12.8 Å². The lowest BCUT2D eigenvalue weighted by atomic mass is 9.96. The zero-order chi connectivity index (χ0) is 28.3. The summed E-state index contributed by atoms with van der Waals surface area (Å²) in [6, 6.07) is 6.87. The summed E-state index contributed by atoms with van der Waals surface area (Å²) in [6.07, 6.45) is 8.40. The second-order valence-corrected chi connectivity index (χ2v) is 8.95. The molecule has 0 saturated heterocycles. The molecule has 0 amide bonds. The van der Waals surface area contributed by atoms with Crippen LogP contribution in [-0.4, -0.2) is 44.7 Å². The second-order valence-electron chi connectivity index (χ2n) is 8.51. The van der Waals surface area contributed by atoms with E-state index in [0.717, 1.165) is 27.9 Å². The molecule has 0 aliphatic carbocycles. The predicted octanol–water partition coefficient (Wildman–Crippen LogP) is 5.94. The van der Waals surface area contributed by atoms with E-state index in [0.29, 0.717) is 42.1 Å². The third kappa shape index (κ3) is 8.09. The molecule has 1 N–H and O–H groups in total. The lowest BCUT2D eigenvalue weighted by molar-refractivity contribution is 0.184. The molecule has 1 heterocycles. The number of likely N-dealkylation sites (N-methyl/N-ethyl adjacent to an activating group) is 1. The molecule has 2 aromatic carbocycles. The maximum absolute atomic E-state index is 14.8. The zero-order valence-electron chi connectivity index (χ0n) is 22.7. The maximum atomic E-state index is 14.8. The van der Waals surface area contributed by atoms with Crippen LogP contribution in [0.1, 0.15) is 27.8 Å². The van der Waals surface area contributed by atoms with Crippen LogP contribution in [0.3, 0.4) is 0 Å². The van der Waals surface area contributed by atoms with Gasteiger partial charge >= 0.3 is 0 Å². The number of rotatable bonds is 9. The largest absolute Gasteiger partial charge is 0.423 e. The molecular weight excluding hydrogens is 491 g/mol. The van der Waals surface area contributed by atoms with Crippen molar-refractivity contribution >= 4 is 23.2 Å². The summed E-state index contributed by atoms with van der Waals surface area (Å²) in [4.78, 5) is 4.18. The number of nitrogens with one attached hydrogen (secondary N) is 1. The normalized spacial score (nSPS) is 12.8. The molecule has 3 rings (SSSR count). The van der Waals surface area contributed by atoms with Crippen LogP contribution in [-0.2, 0) is 22.5 Å². The number of aryl methyl sites for hydroxylation is 1. The Hall–Kier alpha value is -3.31. The van der Waals surface area contributed by atoms with Crippen LogP contribution in [0.5, 0.6) is 0 Å². The Labute approximate surface area is 226 Å². The molecule has 2 aromatic rings. The molecule has 0 unspecified atom stereocenters. The first-order valence-electron chi connectivity index (χ1n) is 11.6. The van der Waals surface area contributed by atoms with Crippen molar-refractivity contribution in [3.63, 3.8) is 0 Å². The molecule has 37 heavy (non-hydrogen) atoms. The number of hydrazone groups is 1. The molecule has 200 valence electrons. The summed E-state index contributed by atoms with van der Waals surface area (Å²) >= 11 is 6.38. The number of anilines is 1. The van der Waals surface area contributed by atoms with Crippen molar-refractivity contribution in [2.45, 2.75) is 39.8 Å². The average molecular weight is 529 g/mol. The number of hydrogen-bond donors (Lipinski definition) is 1. The van der Waals surface area contributed by atoms with Gasteiger partial charge < -0.3 is 14.4 Å². The van der Waals surface area contributed by atoms with Gasteiger partial charge in [-0.15, -0.1) is 31.1 Å². The van der Waals surface area contributed by atoms with Crippen molar-refractivity contribution in [1.29, 1.82) is 0 Å². The number of halogens is 2. The van der Waals surface area contributed by atoms with E-state index in [2.05, 4.69) is 59.8 Å². The third-order valence-electron chi connectivity index (χ3n) is 6.14. The van der Waals surface area contributed by atoms with Gasteiger partial charge in [-0.05, 0) is 80.4 Å². The molecule has 0 radical (unpaired) electrons. The van der Waals surface area contributed by atoms with Gasteiger partial charge in [-0.2, -0.15) is 0 Å². The number of methoxy groups -OCH3 is 1. The highest BCUT2D eigenvalue weighted by Gasteiger charge is 2.30. The Balaban J connectivity index is 0.00000163. The quantitative estimate of drug-likeness (QED) is 0.248. The summed E-state index contributed by atoms with van der Waals surface area (Å²) in [7, 11) is 5.63. The molecule has 0 bridgehead atoms. The van der Waals surface area contributed by atoms with Crippen LogP contribution in [0.25, 0.3) is 0 Å². The molecule has 8 heteroatoms. The number of ether oxygens (including phenoxy) is 2. The third-order valence-corrected chi connectivity index (χ3v) is 6.36. The van der Waals surface area contributed by atoms with Crippen LogP contribution < -0.4 is 10.3 Å². The lowest BCUT2D eigenvalue weighted by Gasteiger charge is -2.33. The molecular formula is C29H38ClFN4O2. The number of benzene rings is 2. The standard InChI is InChI=1S/C25H32ClFN4O2.C2H4.C2H2/c1-15-8-9-22(27)21(16(15)2)12-24(25-29-28-18(4)33-25)31(6)14-30(5)23-11-20(26)10-19(13-32-7)17(23)3;2*1-2/h8-11,24,28H,4,12-14H2,1-3,5-7H3;1-2H2;1-2H/t24-;;/m0../s1. The van der Waals surface area contributed by atoms with E-state index in [1.54, 1.807) is 13.2 Å². The Bertz CT molecular complexity index is 1130. The van der Waals surface area contributed by atoms with E-state index in [1.807, 2.05) is 40.1 Å². The van der Waals surface area contributed by atoms with Crippen molar-refractivity contribution in [2.75, 3.05) is 32.8 Å². The molecule has 1 aliphatic rings. The van der Waals surface area contributed by atoms with Gasteiger partial charge in [0, 0.05) is 31.3 Å². The number of nitrogens with zero attached hydrogens (tertiary/aromatic N) is 3. The van der Waals surface area contributed by atoms with Crippen LogP contribution in [0.4, 0.5) is 10.1 Å². The summed E-state index contributed by atoms with van der Waals surface area (Å²) in [5.74, 6) is 0.581. The lowest BCUT2D eigenvalue weighted by Crippen LogP contribution is -2.46. The van der Waals surface area contributed by atoms with Crippen molar-refractivity contribution in [3.05, 3.63) is 88.5 Å². The molecule has 1 aliphatic heterocycles. The zero-order valence-corrected chi connectivity index (χ0v) is 23.5. The van der Waals surface area contributed by atoms with Crippen molar-refractivity contribution in [2.24, 2.45) is 5.10 Å². The minimum Gasteiger partial charge on any atom is -0.423 e. The van der Waals surface area contributed by atoms with Gasteiger partial charge in [0.1, 0.15) is 5.82 Å². The van der Waals surface area contributed by atoms with Gasteiger partial charge in [-0.25, -0.2) is 9.82 Å². The van der Waals surface area contributed by atoms with Gasteiger partial charge in [0.15, 0.2) is 0 Å². The minimum absolute atomic E-state index is 0.231. The van der Waals surface area contributed by atoms with Gasteiger partial charge in [0.05, 0.1) is 19.3 Å². The molecule has 6 nitrogen and oxygen atoms in total. The summed E-state index contributed by atoms with van der Waals surface area (Å²) < 4.78 is 25.8. The van der Waals surface area contributed by atoms with E-state index in [-0.39, 0.29) is 11.9 Å². The predicted molar refractivity (Wildman–Crippen MR) is 153 cm³/mol. The highest BCUT2D eigenvalue weighted by molar-refractivity contribution is 6.31.